The lowest BCUT2D eigenvalue weighted by Gasteiger charge is -2.34. The summed E-state index contributed by atoms with van der Waals surface area (Å²) in [6.45, 7) is 32.9. The van der Waals surface area contributed by atoms with Crippen LogP contribution < -0.4 is 22.2 Å². The van der Waals surface area contributed by atoms with Crippen molar-refractivity contribution in [2.24, 2.45) is 0 Å². The maximum absolute atomic E-state index is 13.0. The number of fused-ring (bicyclic) bond motifs is 6. The van der Waals surface area contributed by atoms with Gasteiger partial charge in [0.25, 0.3) is 93.1 Å². The molecular weight excluding hydrogens is 1560 g/mol. The first-order valence-corrected chi connectivity index (χ1v) is 41.1. The molecule has 0 saturated heterocycles. The third-order valence-electron chi connectivity index (χ3n) is 23.5. The second-order valence-corrected chi connectivity index (χ2v) is 34.6. The summed E-state index contributed by atoms with van der Waals surface area (Å²) in [6.07, 6.45) is 1.34. The van der Waals surface area contributed by atoms with Crippen LogP contribution >= 0.6 is 0 Å². The Kier molecular flexibility index (Phi) is 22.1. The second-order valence-electron chi connectivity index (χ2n) is 34.6. The van der Waals surface area contributed by atoms with Crippen molar-refractivity contribution in [3.05, 3.63) is 310 Å². The van der Waals surface area contributed by atoms with Crippen molar-refractivity contribution in [2.75, 3.05) is 0 Å². The first-order valence-electron chi connectivity index (χ1n) is 41.1. The molecule has 11 aromatic rings. The zero-order chi connectivity index (χ0) is 89.4. The number of rotatable bonds is 16. The number of imide groups is 6. The van der Waals surface area contributed by atoms with Crippen LogP contribution in [0, 0.1) is 0 Å². The van der Waals surface area contributed by atoms with E-state index in [1.165, 1.54) is 89.1 Å². The molecule has 0 unspecified atom stereocenters. The van der Waals surface area contributed by atoms with Gasteiger partial charge in [-0.2, -0.15) is 0 Å². The van der Waals surface area contributed by atoms with Gasteiger partial charge in [0, 0.05) is 97.9 Å². The average Bonchev–Trinajstić information content (AvgIpc) is 1.68. The summed E-state index contributed by atoms with van der Waals surface area (Å²) >= 11 is 0. The Balaban J connectivity index is 0.000000139. The van der Waals surface area contributed by atoms with Gasteiger partial charge in [-0.25, -0.2) is 0 Å². The Labute approximate surface area is 707 Å². The fourth-order valence-corrected chi connectivity index (χ4v) is 17.2. The molecule has 0 atom stereocenters. The largest absolute Gasteiger partial charge is 0.289 e. The van der Waals surface area contributed by atoms with Crippen molar-refractivity contribution in [1.29, 1.82) is 0 Å². The van der Waals surface area contributed by atoms with E-state index in [4.69, 9.17) is 0 Å². The maximum atomic E-state index is 13.0. The Bertz CT molecular complexity index is 6200. The highest BCUT2D eigenvalue weighted by atomic mass is 16.2. The molecule has 6 aliphatic heterocycles. The van der Waals surface area contributed by atoms with Crippen LogP contribution in [0.4, 0.5) is 0 Å². The summed E-state index contributed by atoms with van der Waals surface area (Å²) in [4.78, 5) is 222. The topological polar surface area (TPSA) is 319 Å². The molecular formula is C98H92N8O17. The van der Waals surface area contributed by atoms with Gasteiger partial charge in [0.05, 0.1) is 66.1 Å². The number of ketones is 1. The van der Waals surface area contributed by atoms with E-state index >= 15 is 0 Å². The summed E-state index contributed by atoms with van der Waals surface area (Å²) in [5, 5.41) is 1.62. The normalized spacial score (nSPS) is 14.8. The van der Waals surface area contributed by atoms with E-state index in [1.807, 2.05) is 52.0 Å². The predicted molar refractivity (Wildman–Crippen MR) is 463 cm³/mol. The van der Waals surface area contributed by atoms with Crippen molar-refractivity contribution < 1.29 is 62.3 Å². The Morgan fingerprint density at radius 2 is 0.439 bits per heavy atom. The molecule has 0 N–H and O–H groups in total. The van der Waals surface area contributed by atoms with Crippen LogP contribution in [0.2, 0.25) is 0 Å². The van der Waals surface area contributed by atoms with E-state index in [2.05, 4.69) is 62.4 Å². The molecule has 0 bridgehead atoms. The quantitative estimate of drug-likeness (QED) is 0.0641. The highest BCUT2D eigenvalue weighted by Crippen LogP contribution is 2.41. The lowest BCUT2D eigenvalue weighted by Crippen LogP contribution is -2.47. The monoisotopic (exact) mass is 1650 g/mol. The summed E-state index contributed by atoms with van der Waals surface area (Å²) in [6, 6.07) is 44.2. The number of nitrogens with zero attached hydrogens (tertiary/aromatic N) is 8. The van der Waals surface area contributed by atoms with Crippen LogP contribution in [0.5, 0.6) is 0 Å². The SMILES string of the molecule is CC(C)N1C(=O)c2ccc(C(=O)c3ccc4c(c3)C(=O)N(C(C)C)C4=O)cc2C1=O.CC(C)N1C(=O)c2ccc(Cc3ccc(C(C)(C)c4ccc(Cc5ccc6c(c5)C(=O)N(C(C)C)C6=O)cc4)cc3)cc2C1=O.CC(C)N1C(=O)c2ccc3c4c(ccc(c24)C1=O)C(=O)N(C(C)C)C3=O.CC(C)n1c(=O)c2cc3c(=O)n(C(C)C)c(=O)c3cc2c1=O. The number of carbonyl (C=O) groups excluding carboxylic acids is 13. The van der Waals surface area contributed by atoms with E-state index in [1.54, 1.807) is 119 Å². The van der Waals surface area contributed by atoms with Crippen LogP contribution in [-0.4, -0.2) is 151 Å². The molecule has 6 aliphatic rings. The molecule has 0 radical (unpaired) electrons. The average molecular weight is 1650 g/mol. The van der Waals surface area contributed by atoms with Crippen molar-refractivity contribution in [3.63, 3.8) is 0 Å². The third-order valence-corrected chi connectivity index (χ3v) is 23.5. The lowest BCUT2D eigenvalue weighted by molar-refractivity contribution is 0.0541. The highest BCUT2D eigenvalue weighted by molar-refractivity contribution is 6.34. The van der Waals surface area contributed by atoms with E-state index in [9.17, 15) is 81.5 Å². The van der Waals surface area contributed by atoms with Crippen molar-refractivity contribution >= 4 is 109 Å². The molecule has 9 aromatic carbocycles. The van der Waals surface area contributed by atoms with Gasteiger partial charge in [-0.3, -0.25) is 120 Å². The fourth-order valence-electron chi connectivity index (χ4n) is 17.2. The first kappa shape index (κ1) is 85.4. The van der Waals surface area contributed by atoms with Gasteiger partial charge >= 0.3 is 0 Å². The minimum atomic E-state index is -0.429. The number of hydrogen-bond acceptors (Lipinski definition) is 17. The second kappa shape index (κ2) is 31.9. The minimum Gasteiger partial charge on any atom is -0.289 e. The molecule has 0 spiro atoms. The summed E-state index contributed by atoms with van der Waals surface area (Å²) in [7, 11) is 0. The van der Waals surface area contributed by atoms with Crippen LogP contribution in [-0.2, 0) is 18.3 Å². The molecule has 0 saturated carbocycles. The zero-order valence-corrected chi connectivity index (χ0v) is 71.6. The Morgan fingerprint density at radius 3 is 0.675 bits per heavy atom. The maximum Gasteiger partial charge on any atom is 0.261 e. The summed E-state index contributed by atoms with van der Waals surface area (Å²) < 4.78 is 2.30. The van der Waals surface area contributed by atoms with Crippen LogP contribution in [0.3, 0.4) is 0 Å². The van der Waals surface area contributed by atoms with E-state index in [-0.39, 0.29) is 144 Å². The van der Waals surface area contributed by atoms with Gasteiger partial charge < -0.3 is 0 Å². The van der Waals surface area contributed by atoms with Gasteiger partial charge in [0.1, 0.15) is 0 Å². The molecule has 12 amide bonds. The zero-order valence-electron chi connectivity index (χ0n) is 71.6. The van der Waals surface area contributed by atoms with Crippen LogP contribution in [0.1, 0.15) is 310 Å². The first-order chi connectivity index (χ1) is 58.0. The number of carbonyl (C=O) groups is 13. The van der Waals surface area contributed by atoms with E-state index < -0.39 is 63.5 Å². The van der Waals surface area contributed by atoms with Crippen molar-refractivity contribution in [3.8, 4) is 0 Å². The molecule has 2 aromatic heterocycles. The van der Waals surface area contributed by atoms with E-state index in [0.29, 0.717) is 68.1 Å². The van der Waals surface area contributed by atoms with Gasteiger partial charge in [-0.05, 0) is 242 Å². The number of hydrogen-bond donors (Lipinski definition) is 0. The molecule has 626 valence electrons. The van der Waals surface area contributed by atoms with Crippen molar-refractivity contribution in [2.45, 2.75) is 191 Å². The molecule has 25 nitrogen and oxygen atoms in total. The number of aromatic nitrogens is 2. The number of benzene rings is 9. The van der Waals surface area contributed by atoms with Crippen molar-refractivity contribution in [1.82, 2.24) is 38.5 Å². The predicted octanol–water partition coefficient (Wildman–Crippen LogP) is 14.1. The molecule has 0 aliphatic carbocycles. The number of amides is 12. The fraction of sp³-hybridized carbons (Fsp3) is 0.296. The minimum absolute atomic E-state index is 0.172. The summed E-state index contributed by atoms with van der Waals surface area (Å²) in [5.41, 5.74) is 9.52. The van der Waals surface area contributed by atoms with Crippen LogP contribution in [0.25, 0.3) is 32.3 Å². The van der Waals surface area contributed by atoms with Gasteiger partial charge in [0.2, 0.25) is 0 Å². The summed E-state index contributed by atoms with van der Waals surface area (Å²) in [5.74, 6) is -4.45. The Morgan fingerprint density at radius 1 is 0.236 bits per heavy atom. The van der Waals surface area contributed by atoms with Gasteiger partial charge in [-0.15, -0.1) is 0 Å². The lowest BCUT2D eigenvalue weighted by atomic mass is 9.77. The van der Waals surface area contributed by atoms with Gasteiger partial charge in [-0.1, -0.05) is 86.6 Å². The molecule has 123 heavy (non-hydrogen) atoms. The molecule has 0 fully saturated rings. The molecule has 17 rings (SSSR count). The van der Waals surface area contributed by atoms with Crippen LogP contribution in [0.15, 0.2) is 177 Å². The third kappa shape index (κ3) is 14.2. The Hall–Kier alpha value is -14.0. The molecule has 8 heterocycles. The van der Waals surface area contributed by atoms with Gasteiger partial charge in [0.15, 0.2) is 5.78 Å². The smallest absolute Gasteiger partial charge is 0.261 e. The standard InChI is InChI=1S/C39H38N2O4.C23H20N2O5.C20H18N2O4.C16H16N2O4/c1-23(2)40-35(42)31-17-11-27(21-33(31)37(40)44)19-25-7-13-29(14-8-25)39(5,6)30-15-9-26(10-16-30)20-28-12-18-32-34(22-28)38(45)41(24(3)4)36(32)43;1-11(2)24-20(27)15-7-5-13(9-17(15)22(24)29)19(26)14-6-8-16-18(10-14)23(30)25(12(3)4)21(16)28;1-9(2)21-17(23)11-5-7-13-16-14(8-6-12(15(11)16)18(21)24)20(26)22(10(3)4)19(13)25;1-7(2)17-13(19)9-5-11-12(6-10(9)14(17)20)16(22)18(8(3)4)15(11)21/h7-18,21-24H,19-20H2,1-6H3;5-12H,1-4H3;5-10H,1-4H3;5-8H,1-4H3. The van der Waals surface area contributed by atoms with E-state index in [0.717, 1.165) is 31.4 Å². The molecule has 25 heteroatoms. The highest BCUT2D eigenvalue weighted by Gasteiger charge is 2.45.